The van der Waals surface area contributed by atoms with Crippen molar-refractivity contribution in [2.24, 2.45) is 0 Å². The van der Waals surface area contributed by atoms with Gasteiger partial charge in [0.05, 0.1) is 27.2 Å². The fourth-order valence-corrected chi connectivity index (χ4v) is 4.48. The number of rotatable bonds is 8. The molecule has 1 atom stereocenters. The Bertz CT molecular complexity index is 1580. The summed E-state index contributed by atoms with van der Waals surface area (Å²) in [6.07, 6.45) is -3.36. The van der Waals surface area contributed by atoms with Crippen LogP contribution in [0, 0.1) is 0 Å². The van der Waals surface area contributed by atoms with Gasteiger partial charge in [-0.1, -0.05) is 23.2 Å². The van der Waals surface area contributed by atoms with Crippen LogP contribution in [0.1, 0.15) is 52.7 Å². The quantitative estimate of drug-likeness (QED) is 0.205. The number of halogens is 5. The van der Waals surface area contributed by atoms with Gasteiger partial charge in [0.2, 0.25) is 0 Å². The Balaban J connectivity index is 1.67. The molecule has 1 N–H and O–H groups in total. The van der Waals surface area contributed by atoms with Gasteiger partial charge < -0.3 is 19.3 Å². The van der Waals surface area contributed by atoms with E-state index in [0.29, 0.717) is 21.7 Å². The number of ether oxygens (including phenoxy) is 2. The highest BCUT2D eigenvalue weighted by Gasteiger charge is 2.35. The van der Waals surface area contributed by atoms with Crippen molar-refractivity contribution >= 4 is 40.1 Å². The molecule has 13 heteroatoms. The normalized spacial score (nSPS) is 13.2. The van der Waals surface area contributed by atoms with Crippen molar-refractivity contribution in [1.82, 2.24) is 20.0 Å². The minimum Gasteiger partial charge on any atom is -0.489 e. The number of hydrogen-bond donors (Lipinski definition) is 1. The highest BCUT2D eigenvalue weighted by molar-refractivity contribution is 6.35. The Morgan fingerprint density at radius 2 is 1.80 bits per heavy atom. The molecule has 0 aliphatic rings. The van der Waals surface area contributed by atoms with Crippen LogP contribution in [0.2, 0.25) is 10.0 Å². The zero-order valence-electron chi connectivity index (χ0n) is 23.2. The Morgan fingerprint density at radius 1 is 1.10 bits per heavy atom. The summed E-state index contributed by atoms with van der Waals surface area (Å²) < 4.78 is 60.1. The molecule has 0 bridgehead atoms. The summed E-state index contributed by atoms with van der Waals surface area (Å²) in [4.78, 5) is 16.7. The number of benzene rings is 2. The highest BCUT2D eigenvalue weighted by Crippen LogP contribution is 2.38. The van der Waals surface area contributed by atoms with E-state index in [1.54, 1.807) is 39.0 Å². The Morgan fingerprint density at radius 3 is 2.41 bits per heavy atom. The lowest BCUT2D eigenvalue weighted by Gasteiger charge is -2.23. The molecule has 2 aromatic heterocycles. The molecule has 0 aliphatic carbocycles. The molecule has 0 aliphatic heterocycles. The molecule has 0 radical (unpaired) electrons. The topological polar surface area (TPSA) is 91.4 Å². The predicted octanol–water partition coefficient (Wildman–Crippen LogP) is 7.61. The van der Waals surface area contributed by atoms with Crippen molar-refractivity contribution in [1.29, 1.82) is 0 Å². The van der Waals surface area contributed by atoms with E-state index in [1.807, 2.05) is 13.8 Å². The maximum atomic E-state index is 14.2. The van der Waals surface area contributed by atoms with E-state index >= 15 is 0 Å². The van der Waals surface area contributed by atoms with Gasteiger partial charge in [0.15, 0.2) is 0 Å². The third kappa shape index (κ3) is 7.14. The zero-order valence-corrected chi connectivity index (χ0v) is 24.7. The van der Waals surface area contributed by atoms with Crippen LogP contribution in [-0.2, 0) is 22.3 Å². The fourth-order valence-electron chi connectivity index (χ4n) is 4.00. The van der Waals surface area contributed by atoms with Crippen LogP contribution in [0.15, 0.2) is 41.1 Å². The minimum atomic E-state index is -4.69. The fraction of sp³-hybridized carbons (Fsp3) is 0.393. The van der Waals surface area contributed by atoms with Gasteiger partial charge in [-0.05, 0) is 82.6 Å². The number of nitrogens with one attached hydrogen (secondary N) is 1. The molecular weight excluding hydrogens is 584 g/mol. The Hall–Kier alpha value is -3.28. The van der Waals surface area contributed by atoms with Crippen molar-refractivity contribution < 1.29 is 32.0 Å². The summed E-state index contributed by atoms with van der Waals surface area (Å²) in [5.41, 5.74) is -1.10. The molecule has 0 fully saturated rings. The van der Waals surface area contributed by atoms with E-state index in [1.165, 1.54) is 23.8 Å². The van der Waals surface area contributed by atoms with E-state index < -0.39 is 29.4 Å². The van der Waals surface area contributed by atoms with Gasteiger partial charge in [-0.25, -0.2) is 0 Å². The molecule has 0 amide bonds. The summed E-state index contributed by atoms with van der Waals surface area (Å²) in [6, 6.07) is 6.40. The van der Waals surface area contributed by atoms with E-state index in [4.69, 9.17) is 37.2 Å². The molecule has 0 saturated heterocycles. The van der Waals surface area contributed by atoms with Crippen LogP contribution in [0.5, 0.6) is 5.75 Å². The van der Waals surface area contributed by atoms with E-state index in [0.717, 1.165) is 6.07 Å². The monoisotopic (exact) mass is 612 g/mol. The van der Waals surface area contributed by atoms with Crippen LogP contribution < -0.4 is 10.1 Å². The summed E-state index contributed by atoms with van der Waals surface area (Å²) in [5, 5.41) is 7.62. The minimum absolute atomic E-state index is 0.0203. The maximum Gasteiger partial charge on any atom is 0.416 e. The number of aromatic nitrogens is 3. The number of carbonyl (C=O) groups excluding carboxylic acids is 1. The lowest BCUT2D eigenvalue weighted by Crippen LogP contribution is -2.39. The molecule has 1 unspecified atom stereocenters. The average Bonchev–Trinajstić information content (AvgIpc) is 3.46. The van der Waals surface area contributed by atoms with E-state index in [-0.39, 0.29) is 40.6 Å². The van der Waals surface area contributed by atoms with Gasteiger partial charge in [0, 0.05) is 23.7 Å². The molecule has 8 nitrogen and oxygen atoms in total. The predicted molar refractivity (Wildman–Crippen MR) is 149 cm³/mol. The van der Waals surface area contributed by atoms with Gasteiger partial charge in [0.25, 0.3) is 11.8 Å². The summed E-state index contributed by atoms with van der Waals surface area (Å²) in [6.45, 7) is 10.1. The zero-order chi connectivity index (χ0) is 30.3. The number of alkyl halides is 3. The second kappa shape index (κ2) is 11.5. The number of carbonyl (C=O) groups is 1. The van der Waals surface area contributed by atoms with Crippen LogP contribution in [0.4, 0.5) is 13.2 Å². The first-order valence-corrected chi connectivity index (χ1v) is 13.5. The number of fused-ring (bicyclic) bond motifs is 1. The largest absolute Gasteiger partial charge is 0.489 e. The maximum absolute atomic E-state index is 14.2. The third-order valence-electron chi connectivity index (χ3n) is 5.82. The van der Waals surface area contributed by atoms with Crippen LogP contribution in [-0.4, -0.2) is 38.4 Å². The second-order valence-electron chi connectivity index (χ2n) is 10.7. The van der Waals surface area contributed by atoms with Crippen molar-refractivity contribution in [3.63, 3.8) is 0 Å². The summed E-state index contributed by atoms with van der Waals surface area (Å²) in [7, 11) is 0. The van der Waals surface area contributed by atoms with Crippen LogP contribution >= 0.6 is 23.2 Å². The molecule has 0 saturated carbocycles. The summed E-state index contributed by atoms with van der Waals surface area (Å²) >= 11 is 12.8. The smallest absolute Gasteiger partial charge is 0.416 e. The first-order valence-electron chi connectivity index (χ1n) is 12.7. The lowest BCUT2D eigenvalue weighted by molar-refractivity contribution is -0.157. The molecule has 41 heavy (non-hydrogen) atoms. The molecule has 4 rings (SSSR count). The number of nitrogens with zero attached hydrogens (tertiary/aromatic N) is 3. The third-order valence-corrected chi connectivity index (χ3v) is 6.41. The first-order chi connectivity index (χ1) is 19.0. The van der Waals surface area contributed by atoms with Gasteiger partial charge in [-0.2, -0.15) is 18.2 Å². The molecule has 2 aromatic carbocycles. The Kier molecular flexibility index (Phi) is 8.63. The van der Waals surface area contributed by atoms with E-state index in [2.05, 4.69) is 15.5 Å². The Labute approximate surface area is 244 Å². The van der Waals surface area contributed by atoms with Crippen molar-refractivity contribution in [2.75, 3.05) is 0 Å². The van der Waals surface area contributed by atoms with E-state index in [9.17, 15) is 18.0 Å². The average molecular weight is 613 g/mol. The summed E-state index contributed by atoms with van der Waals surface area (Å²) in [5.74, 6) is -0.0107. The highest BCUT2D eigenvalue weighted by atomic mass is 35.5. The molecule has 220 valence electrons. The van der Waals surface area contributed by atoms with Crippen LogP contribution in [0.25, 0.3) is 28.3 Å². The van der Waals surface area contributed by atoms with Gasteiger partial charge in [0.1, 0.15) is 17.4 Å². The second-order valence-corrected chi connectivity index (χ2v) is 11.5. The molecule has 0 spiro atoms. The lowest BCUT2D eigenvalue weighted by atomic mass is 10.0. The van der Waals surface area contributed by atoms with Gasteiger partial charge in [-0.15, -0.1) is 0 Å². The van der Waals surface area contributed by atoms with Crippen molar-refractivity contribution in [2.45, 2.75) is 72.0 Å². The molecule has 2 heterocycles. The van der Waals surface area contributed by atoms with Crippen molar-refractivity contribution in [3.05, 3.63) is 57.7 Å². The first kappa shape index (κ1) is 30.7. The van der Waals surface area contributed by atoms with Crippen LogP contribution in [0.3, 0.4) is 0 Å². The molecular formula is C28H29Cl2F3N4O4. The van der Waals surface area contributed by atoms with Crippen molar-refractivity contribution in [3.8, 4) is 23.2 Å². The number of hydrogen-bond acceptors (Lipinski definition) is 7. The standard InChI is InChI=1S/C28H29Cl2F3N4O4/c1-14(2)39-23-8-7-16(10-20(23)29)24-35-26(36-41-24)37-13-21(30)18-9-17(19(11-22(18)37)28(31,32)33)12-34-15(3)25(38)40-27(4,5)6/h7-11,13-15,34H,12H2,1-6H3. The SMILES string of the molecule is CC(C)Oc1ccc(-c2nc(-n3cc(Cl)c4cc(CNC(C)C(=O)OC(C)(C)C)c(C(F)(F)F)cc43)no2)cc1Cl. The van der Waals surface area contributed by atoms with Gasteiger partial charge in [-0.3, -0.25) is 9.36 Å². The van der Waals surface area contributed by atoms with Gasteiger partial charge >= 0.3 is 12.1 Å². The molecule has 4 aromatic rings. The number of esters is 1.